The maximum Gasteiger partial charge on any atom is 0.235 e. The summed E-state index contributed by atoms with van der Waals surface area (Å²) in [6.07, 6.45) is 2.51. The molecule has 1 N–H and O–H groups in total. The Labute approximate surface area is 109 Å². The van der Waals surface area contributed by atoms with E-state index in [1.165, 1.54) is 4.90 Å². The van der Waals surface area contributed by atoms with Gasteiger partial charge in [0.05, 0.1) is 5.41 Å². The first kappa shape index (κ1) is 13.5. The van der Waals surface area contributed by atoms with Crippen LogP contribution < -0.4 is 5.32 Å². The van der Waals surface area contributed by atoms with Crippen LogP contribution >= 0.6 is 0 Å². The van der Waals surface area contributed by atoms with E-state index in [-0.39, 0.29) is 17.7 Å². The van der Waals surface area contributed by atoms with Gasteiger partial charge < -0.3 is 5.32 Å². The lowest BCUT2D eigenvalue weighted by molar-refractivity contribution is -0.142. The Balaban J connectivity index is 2.05. The summed E-state index contributed by atoms with van der Waals surface area (Å²) in [4.78, 5) is 26.0. The van der Waals surface area contributed by atoms with Crippen LogP contribution in [0.25, 0.3) is 0 Å². The third-order valence-electron chi connectivity index (χ3n) is 4.73. The summed E-state index contributed by atoms with van der Waals surface area (Å²) in [7, 11) is 0. The van der Waals surface area contributed by atoms with Crippen LogP contribution in [0.15, 0.2) is 0 Å². The van der Waals surface area contributed by atoms with Gasteiger partial charge in [-0.05, 0) is 44.7 Å². The lowest BCUT2D eigenvalue weighted by Gasteiger charge is -2.29. The van der Waals surface area contributed by atoms with Crippen molar-refractivity contribution in [2.24, 2.45) is 17.3 Å². The molecule has 0 aromatic rings. The minimum Gasteiger partial charge on any atom is -0.317 e. The fourth-order valence-corrected chi connectivity index (χ4v) is 2.87. The third-order valence-corrected chi connectivity index (χ3v) is 4.73. The van der Waals surface area contributed by atoms with Crippen LogP contribution in [0.5, 0.6) is 0 Å². The fraction of sp³-hybridized carbons (Fsp3) is 0.857. The first-order valence-electron chi connectivity index (χ1n) is 7.00. The lowest BCUT2D eigenvalue weighted by Crippen LogP contribution is -2.41. The first-order chi connectivity index (χ1) is 8.45. The molecule has 4 nitrogen and oxygen atoms in total. The number of likely N-dealkylation sites (tertiary alicyclic amines) is 1. The molecule has 2 rings (SSSR count). The van der Waals surface area contributed by atoms with Gasteiger partial charge in [-0.3, -0.25) is 14.5 Å². The highest BCUT2D eigenvalue weighted by molar-refractivity contribution is 6.05. The van der Waals surface area contributed by atoms with Crippen LogP contribution in [0.3, 0.4) is 0 Å². The summed E-state index contributed by atoms with van der Waals surface area (Å²) >= 11 is 0. The zero-order chi connectivity index (χ0) is 13.3. The lowest BCUT2D eigenvalue weighted by atomic mass is 9.78. The van der Waals surface area contributed by atoms with E-state index in [4.69, 9.17) is 0 Å². The summed E-state index contributed by atoms with van der Waals surface area (Å²) in [5, 5.41) is 3.31. The molecule has 2 amide bonds. The van der Waals surface area contributed by atoms with Gasteiger partial charge in [0.15, 0.2) is 0 Å². The molecule has 0 aliphatic carbocycles. The largest absolute Gasteiger partial charge is 0.317 e. The molecular formula is C14H24N2O2. The predicted octanol–water partition coefficient (Wildman–Crippen LogP) is 1.41. The van der Waals surface area contributed by atoms with Crippen LogP contribution in [-0.4, -0.2) is 36.3 Å². The molecule has 2 fully saturated rings. The van der Waals surface area contributed by atoms with Crippen molar-refractivity contribution in [3.05, 3.63) is 0 Å². The van der Waals surface area contributed by atoms with E-state index in [2.05, 4.69) is 5.32 Å². The summed E-state index contributed by atoms with van der Waals surface area (Å²) in [6.45, 7) is 8.62. The number of imide groups is 1. The van der Waals surface area contributed by atoms with E-state index >= 15 is 0 Å². The SMILES string of the molecule is CC(C)C1(C)CC(=O)N(CC2CCNCC2)C1=O. The Morgan fingerprint density at radius 3 is 2.44 bits per heavy atom. The molecule has 1 unspecified atom stereocenters. The van der Waals surface area contributed by atoms with Crippen LogP contribution in [-0.2, 0) is 9.59 Å². The highest BCUT2D eigenvalue weighted by Crippen LogP contribution is 2.39. The molecule has 0 bridgehead atoms. The molecule has 0 spiro atoms. The number of carbonyl (C=O) groups is 2. The standard InChI is InChI=1S/C14H24N2O2/c1-10(2)14(3)8-12(17)16(13(14)18)9-11-4-6-15-7-5-11/h10-11,15H,4-9H2,1-3H3. The van der Waals surface area contributed by atoms with Gasteiger partial charge in [0, 0.05) is 13.0 Å². The van der Waals surface area contributed by atoms with Crippen molar-refractivity contribution in [3.8, 4) is 0 Å². The smallest absolute Gasteiger partial charge is 0.235 e. The van der Waals surface area contributed by atoms with Crippen molar-refractivity contribution < 1.29 is 9.59 Å². The molecule has 0 aromatic carbocycles. The fourth-order valence-electron chi connectivity index (χ4n) is 2.87. The zero-order valence-corrected chi connectivity index (χ0v) is 11.7. The summed E-state index contributed by atoms with van der Waals surface area (Å²) in [5.41, 5.74) is -0.482. The Bertz CT molecular complexity index is 348. The molecule has 2 aliphatic heterocycles. The highest BCUT2D eigenvalue weighted by Gasteiger charge is 2.50. The molecule has 0 saturated carbocycles. The topological polar surface area (TPSA) is 49.4 Å². The van der Waals surface area contributed by atoms with E-state index < -0.39 is 5.41 Å². The van der Waals surface area contributed by atoms with Crippen LogP contribution in [0.1, 0.15) is 40.0 Å². The van der Waals surface area contributed by atoms with Gasteiger partial charge in [0.25, 0.3) is 0 Å². The second-order valence-corrected chi connectivity index (χ2v) is 6.25. The molecular weight excluding hydrogens is 228 g/mol. The number of nitrogens with zero attached hydrogens (tertiary/aromatic N) is 1. The quantitative estimate of drug-likeness (QED) is 0.773. The van der Waals surface area contributed by atoms with Gasteiger partial charge in [-0.2, -0.15) is 0 Å². The molecule has 2 aliphatic rings. The van der Waals surface area contributed by atoms with E-state index in [9.17, 15) is 9.59 Å². The maximum absolute atomic E-state index is 12.4. The minimum atomic E-state index is -0.482. The predicted molar refractivity (Wildman–Crippen MR) is 69.9 cm³/mol. The van der Waals surface area contributed by atoms with Gasteiger partial charge >= 0.3 is 0 Å². The number of amides is 2. The number of carbonyl (C=O) groups excluding carboxylic acids is 2. The normalized spacial score (nSPS) is 30.6. The molecule has 0 aromatic heterocycles. The maximum atomic E-state index is 12.4. The Morgan fingerprint density at radius 1 is 1.33 bits per heavy atom. The Morgan fingerprint density at radius 2 is 1.94 bits per heavy atom. The first-order valence-corrected chi connectivity index (χ1v) is 7.00. The second kappa shape index (κ2) is 5.00. The van der Waals surface area contributed by atoms with Gasteiger partial charge in [0.1, 0.15) is 0 Å². The van der Waals surface area contributed by atoms with Crippen molar-refractivity contribution in [3.63, 3.8) is 0 Å². The molecule has 0 radical (unpaired) electrons. The van der Waals surface area contributed by atoms with Crippen molar-refractivity contribution in [1.82, 2.24) is 10.2 Å². The summed E-state index contributed by atoms with van der Waals surface area (Å²) in [6, 6.07) is 0. The number of rotatable bonds is 3. The molecule has 102 valence electrons. The van der Waals surface area contributed by atoms with E-state index in [0.717, 1.165) is 25.9 Å². The van der Waals surface area contributed by atoms with E-state index in [0.29, 0.717) is 18.9 Å². The second-order valence-electron chi connectivity index (χ2n) is 6.25. The Kier molecular flexibility index (Phi) is 3.76. The van der Waals surface area contributed by atoms with Crippen LogP contribution in [0, 0.1) is 17.3 Å². The molecule has 2 saturated heterocycles. The van der Waals surface area contributed by atoms with Crippen molar-refractivity contribution in [2.45, 2.75) is 40.0 Å². The average Bonchev–Trinajstić information content (AvgIpc) is 2.56. The van der Waals surface area contributed by atoms with Gasteiger partial charge in [0.2, 0.25) is 11.8 Å². The van der Waals surface area contributed by atoms with Gasteiger partial charge in [-0.25, -0.2) is 0 Å². The molecule has 18 heavy (non-hydrogen) atoms. The van der Waals surface area contributed by atoms with Gasteiger partial charge in [-0.15, -0.1) is 0 Å². The number of hydrogen-bond donors (Lipinski definition) is 1. The third kappa shape index (κ3) is 2.30. The highest BCUT2D eigenvalue weighted by atomic mass is 16.2. The average molecular weight is 252 g/mol. The van der Waals surface area contributed by atoms with E-state index in [1.54, 1.807) is 0 Å². The number of piperidine rings is 1. The molecule has 1 atom stereocenters. The number of hydrogen-bond acceptors (Lipinski definition) is 3. The summed E-state index contributed by atoms with van der Waals surface area (Å²) < 4.78 is 0. The zero-order valence-electron chi connectivity index (χ0n) is 11.7. The monoisotopic (exact) mass is 252 g/mol. The number of nitrogens with one attached hydrogen (secondary N) is 1. The summed E-state index contributed by atoms with van der Waals surface area (Å²) in [5.74, 6) is 0.761. The van der Waals surface area contributed by atoms with Crippen molar-refractivity contribution in [2.75, 3.05) is 19.6 Å². The minimum absolute atomic E-state index is 0.0229. The molecule has 2 heterocycles. The van der Waals surface area contributed by atoms with Crippen molar-refractivity contribution in [1.29, 1.82) is 0 Å². The molecule has 4 heteroatoms. The van der Waals surface area contributed by atoms with E-state index in [1.807, 2.05) is 20.8 Å². The van der Waals surface area contributed by atoms with Crippen LogP contribution in [0.4, 0.5) is 0 Å². The Hall–Kier alpha value is -0.900. The van der Waals surface area contributed by atoms with Gasteiger partial charge in [-0.1, -0.05) is 13.8 Å². The van der Waals surface area contributed by atoms with Crippen LogP contribution in [0.2, 0.25) is 0 Å². The van der Waals surface area contributed by atoms with Crippen molar-refractivity contribution >= 4 is 11.8 Å².